The summed E-state index contributed by atoms with van der Waals surface area (Å²) in [6.07, 6.45) is 2.55. The fourth-order valence-electron chi connectivity index (χ4n) is 2.73. The Labute approximate surface area is 158 Å². The molecule has 1 aromatic heterocycles. The molecule has 2 aromatic rings. The summed E-state index contributed by atoms with van der Waals surface area (Å²) in [5.41, 5.74) is 1.11. The van der Waals surface area contributed by atoms with Gasteiger partial charge in [0.05, 0.1) is 6.54 Å². The minimum absolute atomic E-state index is 0. The van der Waals surface area contributed by atoms with Crippen molar-refractivity contribution < 1.29 is 4.42 Å². The van der Waals surface area contributed by atoms with Gasteiger partial charge in [-0.05, 0) is 62.7 Å². The molecule has 0 unspecified atom stereocenters. The molecular weight excluding hydrogens is 399 g/mol. The smallest absolute Gasteiger partial charge is 0.134 e. The van der Waals surface area contributed by atoms with Gasteiger partial charge in [-0.25, -0.2) is 0 Å². The van der Waals surface area contributed by atoms with E-state index in [2.05, 4.69) is 44.8 Å². The largest absolute Gasteiger partial charge is 0.460 e. The molecule has 3 nitrogen and oxygen atoms in total. The van der Waals surface area contributed by atoms with Gasteiger partial charge in [-0.3, -0.25) is 0 Å². The SMILES string of the molecule is Brc1ccc(-c2ccc(CNCC3CCNCC3)o2)cc1.Cl.Cl. The monoisotopic (exact) mass is 420 g/mol. The molecule has 128 valence electrons. The Bertz CT molecular complexity index is 568. The molecule has 1 fully saturated rings. The van der Waals surface area contributed by atoms with E-state index in [1.54, 1.807) is 0 Å². The molecule has 23 heavy (non-hydrogen) atoms. The Kier molecular flexibility index (Phi) is 9.25. The summed E-state index contributed by atoms with van der Waals surface area (Å²) < 4.78 is 6.99. The number of rotatable bonds is 5. The minimum atomic E-state index is 0. The Balaban J connectivity index is 0.00000132. The standard InChI is InChI=1S/C17H21BrN2O.2ClH/c18-15-3-1-14(2-4-15)17-6-5-16(21-17)12-20-11-13-7-9-19-10-8-13;;/h1-6,13,19-20H,7-12H2;2*1H. The maximum absolute atomic E-state index is 5.91. The number of hydrogen-bond acceptors (Lipinski definition) is 3. The van der Waals surface area contributed by atoms with Crippen molar-refractivity contribution in [2.45, 2.75) is 19.4 Å². The lowest BCUT2D eigenvalue weighted by molar-refractivity contribution is 0.350. The van der Waals surface area contributed by atoms with Crippen molar-refractivity contribution in [3.63, 3.8) is 0 Å². The first-order valence-corrected chi connectivity index (χ1v) is 8.36. The molecule has 0 saturated carbocycles. The second-order valence-corrected chi connectivity index (χ2v) is 6.51. The second kappa shape index (κ2) is 10.4. The lowest BCUT2D eigenvalue weighted by Crippen LogP contribution is -2.33. The molecule has 0 radical (unpaired) electrons. The Morgan fingerprint density at radius 2 is 1.74 bits per heavy atom. The number of benzene rings is 1. The van der Waals surface area contributed by atoms with Gasteiger partial charge in [0.15, 0.2) is 0 Å². The van der Waals surface area contributed by atoms with Crippen molar-refractivity contribution >= 4 is 40.7 Å². The van der Waals surface area contributed by atoms with Crippen LogP contribution in [0.15, 0.2) is 45.3 Å². The van der Waals surface area contributed by atoms with E-state index in [0.717, 1.165) is 53.7 Å². The van der Waals surface area contributed by atoms with Gasteiger partial charge in [0.2, 0.25) is 0 Å². The molecule has 0 aliphatic carbocycles. The van der Waals surface area contributed by atoms with Crippen molar-refractivity contribution in [1.29, 1.82) is 0 Å². The van der Waals surface area contributed by atoms with Crippen LogP contribution in [0, 0.1) is 5.92 Å². The summed E-state index contributed by atoms with van der Waals surface area (Å²) in [5.74, 6) is 2.73. The highest BCUT2D eigenvalue weighted by atomic mass is 79.9. The highest BCUT2D eigenvalue weighted by molar-refractivity contribution is 9.10. The van der Waals surface area contributed by atoms with Crippen LogP contribution in [0.2, 0.25) is 0 Å². The first-order valence-electron chi connectivity index (χ1n) is 7.57. The van der Waals surface area contributed by atoms with Crippen molar-refractivity contribution in [3.8, 4) is 11.3 Å². The van der Waals surface area contributed by atoms with Crippen LogP contribution in [0.1, 0.15) is 18.6 Å². The Morgan fingerprint density at radius 3 is 2.43 bits per heavy atom. The summed E-state index contributed by atoms with van der Waals surface area (Å²) in [4.78, 5) is 0. The van der Waals surface area contributed by atoms with Crippen molar-refractivity contribution in [3.05, 3.63) is 46.6 Å². The molecule has 0 bridgehead atoms. The third kappa shape index (κ3) is 6.12. The molecule has 1 aliphatic rings. The summed E-state index contributed by atoms with van der Waals surface area (Å²) in [5, 5.41) is 6.91. The lowest BCUT2D eigenvalue weighted by atomic mass is 9.98. The maximum Gasteiger partial charge on any atom is 0.134 e. The van der Waals surface area contributed by atoms with Crippen LogP contribution in [0.25, 0.3) is 11.3 Å². The average Bonchev–Trinajstić information content (AvgIpc) is 2.98. The minimum Gasteiger partial charge on any atom is -0.460 e. The average molecular weight is 422 g/mol. The summed E-state index contributed by atoms with van der Waals surface area (Å²) in [6, 6.07) is 12.3. The van der Waals surface area contributed by atoms with E-state index in [0.29, 0.717) is 0 Å². The zero-order chi connectivity index (χ0) is 14.5. The first-order chi connectivity index (χ1) is 10.3. The van der Waals surface area contributed by atoms with Crippen LogP contribution in [0.3, 0.4) is 0 Å². The molecular formula is C17H23BrCl2N2O. The van der Waals surface area contributed by atoms with Crippen molar-refractivity contribution in [2.24, 2.45) is 5.92 Å². The van der Waals surface area contributed by atoms with Crippen LogP contribution in [-0.2, 0) is 6.54 Å². The quantitative estimate of drug-likeness (QED) is 0.738. The van der Waals surface area contributed by atoms with Crippen molar-refractivity contribution in [1.82, 2.24) is 10.6 Å². The van der Waals surface area contributed by atoms with Gasteiger partial charge in [0.1, 0.15) is 11.5 Å². The van der Waals surface area contributed by atoms with E-state index in [4.69, 9.17) is 4.42 Å². The number of nitrogens with one attached hydrogen (secondary N) is 2. The van der Waals surface area contributed by atoms with E-state index >= 15 is 0 Å². The predicted molar refractivity (Wildman–Crippen MR) is 104 cm³/mol. The predicted octanol–water partition coefficient (Wildman–Crippen LogP) is 4.64. The molecule has 3 rings (SSSR count). The van der Waals surface area contributed by atoms with Crippen LogP contribution in [0.5, 0.6) is 0 Å². The van der Waals surface area contributed by atoms with E-state index in [9.17, 15) is 0 Å². The van der Waals surface area contributed by atoms with Gasteiger partial charge in [-0.2, -0.15) is 0 Å². The number of piperidine rings is 1. The molecule has 0 spiro atoms. The highest BCUT2D eigenvalue weighted by Gasteiger charge is 2.12. The van der Waals surface area contributed by atoms with Gasteiger partial charge in [-0.1, -0.05) is 28.1 Å². The normalized spacial score (nSPS) is 14.8. The first kappa shape index (κ1) is 20.5. The van der Waals surface area contributed by atoms with Gasteiger partial charge >= 0.3 is 0 Å². The highest BCUT2D eigenvalue weighted by Crippen LogP contribution is 2.24. The van der Waals surface area contributed by atoms with Gasteiger partial charge < -0.3 is 15.1 Å². The third-order valence-electron chi connectivity index (χ3n) is 3.98. The molecule has 1 aliphatic heterocycles. The number of hydrogen-bond donors (Lipinski definition) is 2. The number of furan rings is 1. The second-order valence-electron chi connectivity index (χ2n) is 5.60. The van der Waals surface area contributed by atoms with Gasteiger partial charge in [0.25, 0.3) is 0 Å². The fourth-order valence-corrected chi connectivity index (χ4v) is 2.99. The van der Waals surface area contributed by atoms with E-state index < -0.39 is 0 Å². The molecule has 0 atom stereocenters. The molecule has 1 saturated heterocycles. The van der Waals surface area contributed by atoms with Crippen LogP contribution in [-0.4, -0.2) is 19.6 Å². The number of halogens is 3. The zero-order valence-electron chi connectivity index (χ0n) is 12.9. The van der Waals surface area contributed by atoms with Gasteiger partial charge in [0, 0.05) is 10.0 Å². The van der Waals surface area contributed by atoms with Crippen molar-refractivity contribution in [2.75, 3.05) is 19.6 Å². The summed E-state index contributed by atoms with van der Waals surface area (Å²) >= 11 is 3.45. The van der Waals surface area contributed by atoms with E-state index in [-0.39, 0.29) is 24.8 Å². The topological polar surface area (TPSA) is 37.2 Å². The van der Waals surface area contributed by atoms with Crippen LogP contribution < -0.4 is 10.6 Å². The molecule has 6 heteroatoms. The van der Waals surface area contributed by atoms with E-state index in [1.165, 1.54) is 12.8 Å². The zero-order valence-corrected chi connectivity index (χ0v) is 16.1. The van der Waals surface area contributed by atoms with E-state index in [1.807, 2.05) is 18.2 Å². The van der Waals surface area contributed by atoms with Gasteiger partial charge in [-0.15, -0.1) is 24.8 Å². The molecule has 1 aromatic carbocycles. The summed E-state index contributed by atoms with van der Waals surface area (Å²) in [7, 11) is 0. The molecule has 0 amide bonds. The Morgan fingerprint density at radius 1 is 1.04 bits per heavy atom. The molecule has 2 heterocycles. The van der Waals surface area contributed by atoms with Crippen LogP contribution >= 0.6 is 40.7 Å². The maximum atomic E-state index is 5.91. The third-order valence-corrected chi connectivity index (χ3v) is 4.51. The molecule has 2 N–H and O–H groups in total. The van der Waals surface area contributed by atoms with Crippen LogP contribution in [0.4, 0.5) is 0 Å². The Hall–Kier alpha value is -0.520. The lowest BCUT2D eigenvalue weighted by Gasteiger charge is -2.22. The fraction of sp³-hybridized carbons (Fsp3) is 0.412. The summed E-state index contributed by atoms with van der Waals surface area (Å²) in [6.45, 7) is 4.19.